The van der Waals surface area contributed by atoms with Gasteiger partial charge >= 0.3 is 0 Å². The minimum atomic E-state index is -3.08. The summed E-state index contributed by atoms with van der Waals surface area (Å²) >= 11 is 6.19. The van der Waals surface area contributed by atoms with Crippen LogP contribution < -0.4 is 4.74 Å². The van der Waals surface area contributed by atoms with Gasteiger partial charge in [0.2, 0.25) is 5.88 Å². The molecule has 146 valence electrons. The van der Waals surface area contributed by atoms with E-state index in [-0.39, 0.29) is 22.9 Å². The lowest BCUT2D eigenvalue weighted by atomic mass is 9.88. The van der Waals surface area contributed by atoms with Crippen LogP contribution in [0.15, 0.2) is 23.6 Å². The standard InChI is InChI=1S/C17H22ClN5O3S/c1-5-17(3,22-23-19)14-10-20-9-13-12(14)8-15(18)21-16(13)26-11(2)6-7-27(4,24)25/h8-11H,5-7H2,1-4H3/t11-,17+/m0/s1. The second-order valence-electron chi connectivity index (χ2n) is 6.70. The molecular weight excluding hydrogens is 390 g/mol. The topological polar surface area (TPSA) is 118 Å². The van der Waals surface area contributed by atoms with Crippen molar-refractivity contribution in [1.29, 1.82) is 0 Å². The fourth-order valence-electron chi connectivity index (χ4n) is 2.67. The monoisotopic (exact) mass is 411 g/mol. The molecule has 0 N–H and O–H groups in total. The summed E-state index contributed by atoms with van der Waals surface area (Å²) in [7, 11) is -3.08. The minimum Gasteiger partial charge on any atom is -0.474 e. The van der Waals surface area contributed by atoms with Gasteiger partial charge in [0.15, 0.2) is 0 Å². The van der Waals surface area contributed by atoms with Gasteiger partial charge in [-0.1, -0.05) is 23.6 Å². The van der Waals surface area contributed by atoms with E-state index in [1.54, 1.807) is 25.4 Å². The van der Waals surface area contributed by atoms with E-state index in [4.69, 9.17) is 21.9 Å². The number of sulfone groups is 1. The van der Waals surface area contributed by atoms with Gasteiger partial charge in [0.25, 0.3) is 0 Å². The third-order valence-electron chi connectivity index (χ3n) is 4.43. The number of nitrogens with zero attached hydrogens (tertiary/aromatic N) is 5. The van der Waals surface area contributed by atoms with Gasteiger partial charge < -0.3 is 4.74 Å². The van der Waals surface area contributed by atoms with Crippen LogP contribution in [0.4, 0.5) is 0 Å². The van der Waals surface area contributed by atoms with Gasteiger partial charge in [-0.15, -0.1) is 0 Å². The van der Waals surface area contributed by atoms with E-state index in [2.05, 4.69) is 20.0 Å². The van der Waals surface area contributed by atoms with Crippen LogP contribution in [-0.4, -0.2) is 36.5 Å². The molecule has 8 nitrogen and oxygen atoms in total. The summed E-state index contributed by atoms with van der Waals surface area (Å²) in [4.78, 5) is 11.4. The molecule has 10 heteroatoms. The lowest BCUT2D eigenvalue weighted by molar-refractivity contribution is 0.212. The minimum absolute atomic E-state index is 0.0148. The number of ether oxygens (including phenoxy) is 1. The zero-order chi connectivity index (χ0) is 20.2. The molecule has 0 unspecified atom stereocenters. The predicted octanol–water partition coefficient (Wildman–Crippen LogP) is 4.42. The van der Waals surface area contributed by atoms with Crippen LogP contribution >= 0.6 is 11.6 Å². The number of azide groups is 1. The van der Waals surface area contributed by atoms with E-state index in [1.807, 2.05) is 13.8 Å². The van der Waals surface area contributed by atoms with E-state index in [9.17, 15) is 8.42 Å². The number of fused-ring (bicyclic) bond motifs is 1. The Hall–Kier alpha value is -2.09. The van der Waals surface area contributed by atoms with Crippen molar-refractivity contribution < 1.29 is 13.2 Å². The van der Waals surface area contributed by atoms with Crippen molar-refractivity contribution in [3.8, 4) is 5.88 Å². The highest BCUT2D eigenvalue weighted by Gasteiger charge is 2.27. The molecule has 0 saturated carbocycles. The summed E-state index contributed by atoms with van der Waals surface area (Å²) in [6.45, 7) is 5.51. The molecule has 0 spiro atoms. The molecule has 2 aromatic rings. The number of halogens is 1. The van der Waals surface area contributed by atoms with Gasteiger partial charge in [-0.05, 0) is 49.2 Å². The summed E-state index contributed by atoms with van der Waals surface area (Å²) in [6.07, 6.45) is 4.95. The maximum atomic E-state index is 11.4. The third kappa shape index (κ3) is 5.22. The van der Waals surface area contributed by atoms with E-state index in [1.165, 1.54) is 6.26 Å². The van der Waals surface area contributed by atoms with Gasteiger partial charge in [0.1, 0.15) is 15.0 Å². The summed E-state index contributed by atoms with van der Waals surface area (Å²) < 4.78 is 28.6. The number of aromatic nitrogens is 2. The van der Waals surface area contributed by atoms with Crippen LogP contribution in [0, 0.1) is 0 Å². The fraction of sp³-hybridized carbons (Fsp3) is 0.529. The Balaban J connectivity index is 2.51. The number of rotatable bonds is 8. The smallest absolute Gasteiger partial charge is 0.224 e. The van der Waals surface area contributed by atoms with Crippen molar-refractivity contribution in [3.05, 3.63) is 39.6 Å². The van der Waals surface area contributed by atoms with Crippen LogP contribution in [0.2, 0.25) is 5.15 Å². The van der Waals surface area contributed by atoms with Gasteiger partial charge in [-0.3, -0.25) is 4.98 Å². The number of pyridine rings is 2. The van der Waals surface area contributed by atoms with Gasteiger partial charge in [-0.2, -0.15) is 0 Å². The van der Waals surface area contributed by atoms with E-state index >= 15 is 0 Å². The first-order valence-corrected chi connectivity index (χ1v) is 10.9. The predicted molar refractivity (Wildman–Crippen MR) is 106 cm³/mol. The molecule has 0 aliphatic heterocycles. The van der Waals surface area contributed by atoms with Crippen LogP contribution in [-0.2, 0) is 15.4 Å². The van der Waals surface area contributed by atoms with Crippen molar-refractivity contribution in [2.45, 2.75) is 45.3 Å². The average Bonchev–Trinajstić information content (AvgIpc) is 2.59. The molecule has 2 heterocycles. The van der Waals surface area contributed by atoms with Crippen LogP contribution in [0.1, 0.15) is 39.2 Å². The molecule has 2 atom stereocenters. The zero-order valence-corrected chi connectivity index (χ0v) is 17.3. The van der Waals surface area contributed by atoms with Gasteiger partial charge in [0.05, 0.1) is 22.8 Å². The Morgan fingerprint density at radius 3 is 2.70 bits per heavy atom. The highest BCUT2D eigenvalue weighted by atomic mass is 35.5. The highest BCUT2D eigenvalue weighted by Crippen LogP contribution is 2.37. The lowest BCUT2D eigenvalue weighted by Crippen LogP contribution is -2.19. The first-order valence-electron chi connectivity index (χ1n) is 8.45. The quantitative estimate of drug-likeness (QED) is 0.275. The Morgan fingerprint density at radius 1 is 1.41 bits per heavy atom. The molecule has 0 aliphatic rings. The van der Waals surface area contributed by atoms with Gasteiger partial charge in [0, 0.05) is 23.6 Å². The molecule has 0 amide bonds. The largest absolute Gasteiger partial charge is 0.474 e. The van der Waals surface area contributed by atoms with Crippen LogP contribution in [0.5, 0.6) is 5.88 Å². The summed E-state index contributed by atoms with van der Waals surface area (Å²) in [5.74, 6) is 0.285. The molecule has 0 aliphatic carbocycles. The molecule has 0 fully saturated rings. The maximum Gasteiger partial charge on any atom is 0.224 e. The normalized spacial score (nSPS) is 15.0. The molecule has 0 radical (unpaired) electrons. The van der Waals surface area contributed by atoms with Crippen molar-refractivity contribution in [3.63, 3.8) is 0 Å². The summed E-state index contributed by atoms with van der Waals surface area (Å²) in [6, 6.07) is 1.68. The second-order valence-corrected chi connectivity index (χ2v) is 9.34. The van der Waals surface area contributed by atoms with E-state index in [0.717, 1.165) is 10.9 Å². The summed E-state index contributed by atoms with van der Waals surface area (Å²) in [5.41, 5.74) is 8.87. The number of hydrogen-bond donors (Lipinski definition) is 0. The molecule has 0 bridgehead atoms. The van der Waals surface area contributed by atoms with Gasteiger partial charge in [-0.25, -0.2) is 13.4 Å². The molecule has 0 saturated heterocycles. The molecular formula is C17H22ClN5O3S. The fourth-order valence-corrected chi connectivity index (χ4v) is 3.61. The van der Waals surface area contributed by atoms with Crippen molar-refractivity contribution >= 4 is 32.2 Å². The average molecular weight is 412 g/mol. The van der Waals surface area contributed by atoms with Crippen molar-refractivity contribution in [2.24, 2.45) is 5.11 Å². The molecule has 27 heavy (non-hydrogen) atoms. The molecule has 2 aromatic heterocycles. The Bertz CT molecular complexity index is 991. The number of hydrogen-bond acceptors (Lipinski definition) is 6. The Morgan fingerprint density at radius 2 is 2.11 bits per heavy atom. The van der Waals surface area contributed by atoms with Crippen molar-refractivity contribution in [2.75, 3.05) is 12.0 Å². The SMILES string of the molecule is CC[C@@](C)(N=[N+]=[N-])c1cncc2c(O[C@@H](C)CCS(C)(=O)=O)nc(Cl)cc12. The van der Waals surface area contributed by atoms with Crippen molar-refractivity contribution in [1.82, 2.24) is 9.97 Å². The van der Waals surface area contributed by atoms with E-state index in [0.29, 0.717) is 18.2 Å². The van der Waals surface area contributed by atoms with Crippen LogP contribution in [0.25, 0.3) is 21.2 Å². The zero-order valence-electron chi connectivity index (χ0n) is 15.7. The first-order chi connectivity index (χ1) is 12.6. The Labute approximate surface area is 163 Å². The molecule has 2 rings (SSSR count). The first kappa shape index (κ1) is 21.2. The molecule has 0 aromatic carbocycles. The third-order valence-corrected chi connectivity index (χ3v) is 5.60. The maximum absolute atomic E-state index is 11.4. The van der Waals surface area contributed by atoms with Crippen LogP contribution in [0.3, 0.4) is 0 Å². The second kappa shape index (κ2) is 8.29. The Kier molecular flexibility index (Phi) is 6.51. The lowest BCUT2D eigenvalue weighted by Gasteiger charge is -2.24. The highest BCUT2D eigenvalue weighted by molar-refractivity contribution is 7.90. The van der Waals surface area contributed by atoms with E-state index < -0.39 is 15.4 Å². The summed E-state index contributed by atoms with van der Waals surface area (Å²) in [5, 5.41) is 5.51.